The summed E-state index contributed by atoms with van der Waals surface area (Å²) in [5, 5.41) is 3.22. The number of rotatable bonds is 1. The van der Waals surface area contributed by atoms with Gasteiger partial charge in [-0.3, -0.25) is 4.98 Å². The Balaban J connectivity index is 2.06. The Hall–Kier alpha value is -1.64. The molecule has 0 aliphatic carbocycles. The highest BCUT2D eigenvalue weighted by atomic mass is 15.0. The molecule has 2 heterocycles. The lowest BCUT2D eigenvalue weighted by molar-refractivity contribution is 1.05. The van der Waals surface area contributed by atoms with Crippen LogP contribution in [0.2, 0.25) is 0 Å². The van der Waals surface area contributed by atoms with E-state index in [0.717, 1.165) is 24.4 Å². The molecule has 13 heavy (non-hydrogen) atoms. The van der Waals surface area contributed by atoms with Gasteiger partial charge in [0, 0.05) is 18.8 Å². The molecule has 0 saturated carbocycles. The van der Waals surface area contributed by atoms with E-state index in [1.165, 1.54) is 0 Å². The standard InChI is InChI=1S/C10H11N3/c1-2-7-12-10(5-1)13-9-4-3-6-11-8-9/h2-4,6-8H,1,5H2,(H,12,13). The van der Waals surface area contributed by atoms with Crippen LogP contribution in [0.5, 0.6) is 0 Å². The molecular weight excluding hydrogens is 162 g/mol. The van der Waals surface area contributed by atoms with E-state index < -0.39 is 0 Å². The summed E-state index contributed by atoms with van der Waals surface area (Å²) in [5.41, 5.74) is 0.997. The summed E-state index contributed by atoms with van der Waals surface area (Å²) in [5.74, 6) is 1.01. The topological polar surface area (TPSA) is 37.3 Å². The second kappa shape index (κ2) is 3.85. The second-order valence-corrected chi connectivity index (χ2v) is 2.87. The molecule has 1 aromatic heterocycles. The Bertz CT molecular complexity index is 327. The van der Waals surface area contributed by atoms with E-state index >= 15 is 0 Å². The van der Waals surface area contributed by atoms with E-state index in [-0.39, 0.29) is 0 Å². The van der Waals surface area contributed by atoms with Crippen LogP contribution in [0.25, 0.3) is 0 Å². The predicted molar refractivity (Wildman–Crippen MR) is 53.7 cm³/mol. The van der Waals surface area contributed by atoms with Crippen LogP contribution < -0.4 is 5.32 Å². The van der Waals surface area contributed by atoms with Crippen molar-refractivity contribution >= 4 is 11.5 Å². The lowest BCUT2D eigenvalue weighted by Gasteiger charge is -2.09. The molecule has 2 rings (SSSR count). The van der Waals surface area contributed by atoms with Crippen molar-refractivity contribution in [3.8, 4) is 0 Å². The normalized spacial score (nSPS) is 15.2. The first kappa shape index (κ1) is 7.98. The van der Waals surface area contributed by atoms with E-state index in [2.05, 4.69) is 21.4 Å². The minimum absolute atomic E-state index is 0.978. The monoisotopic (exact) mass is 173 g/mol. The maximum atomic E-state index is 4.22. The van der Waals surface area contributed by atoms with E-state index in [9.17, 15) is 0 Å². The number of nitrogens with one attached hydrogen (secondary N) is 1. The van der Waals surface area contributed by atoms with Gasteiger partial charge in [-0.15, -0.1) is 0 Å². The van der Waals surface area contributed by atoms with E-state index in [4.69, 9.17) is 0 Å². The van der Waals surface area contributed by atoms with Gasteiger partial charge in [-0.1, -0.05) is 6.08 Å². The first-order valence-electron chi connectivity index (χ1n) is 4.34. The van der Waals surface area contributed by atoms with Gasteiger partial charge in [0.05, 0.1) is 11.9 Å². The van der Waals surface area contributed by atoms with Crippen LogP contribution in [0.4, 0.5) is 5.69 Å². The third kappa shape index (κ3) is 2.15. The molecule has 66 valence electrons. The van der Waals surface area contributed by atoms with Crippen molar-refractivity contribution in [2.45, 2.75) is 12.8 Å². The van der Waals surface area contributed by atoms with Gasteiger partial charge < -0.3 is 5.32 Å². The second-order valence-electron chi connectivity index (χ2n) is 2.87. The Morgan fingerprint density at radius 1 is 1.38 bits per heavy atom. The Morgan fingerprint density at radius 3 is 3.08 bits per heavy atom. The molecule has 0 aromatic carbocycles. The predicted octanol–water partition coefficient (Wildman–Crippen LogP) is 2.20. The highest BCUT2D eigenvalue weighted by Crippen LogP contribution is 2.08. The third-order valence-corrected chi connectivity index (χ3v) is 1.83. The summed E-state index contributed by atoms with van der Waals surface area (Å²) in [6, 6.07) is 3.88. The largest absolute Gasteiger partial charge is 0.342 e. The zero-order valence-electron chi connectivity index (χ0n) is 7.27. The Kier molecular flexibility index (Phi) is 2.36. The molecule has 0 saturated heterocycles. The molecular formula is C10H11N3. The number of allylic oxidation sites excluding steroid dienone is 1. The van der Waals surface area contributed by atoms with Crippen molar-refractivity contribution in [2.75, 3.05) is 5.32 Å². The fourth-order valence-electron chi connectivity index (χ4n) is 1.20. The van der Waals surface area contributed by atoms with Gasteiger partial charge in [-0.25, -0.2) is 4.99 Å². The van der Waals surface area contributed by atoms with Gasteiger partial charge in [0.1, 0.15) is 5.84 Å². The average molecular weight is 173 g/mol. The third-order valence-electron chi connectivity index (χ3n) is 1.83. The highest BCUT2D eigenvalue weighted by molar-refractivity contribution is 5.96. The van der Waals surface area contributed by atoms with Crippen molar-refractivity contribution in [1.82, 2.24) is 4.98 Å². The summed E-state index contributed by atoms with van der Waals surface area (Å²) in [7, 11) is 0. The smallest absolute Gasteiger partial charge is 0.106 e. The molecule has 0 unspecified atom stereocenters. The van der Waals surface area contributed by atoms with Crippen LogP contribution in [-0.2, 0) is 0 Å². The zero-order chi connectivity index (χ0) is 8.93. The van der Waals surface area contributed by atoms with Crippen molar-refractivity contribution in [3.63, 3.8) is 0 Å². The van der Waals surface area contributed by atoms with E-state index in [1.54, 1.807) is 12.4 Å². The summed E-state index contributed by atoms with van der Waals surface area (Å²) < 4.78 is 0. The van der Waals surface area contributed by atoms with Crippen molar-refractivity contribution in [1.29, 1.82) is 0 Å². The molecule has 0 bridgehead atoms. The van der Waals surface area contributed by atoms with Crippen molar-refractivity contribution in [2.24, 2.45) is 4.99 Å². The maximum absolute atomic E-state index is 4.22. The zero-order valence-corrected chi connectivity index (χ0v) is 7.27. The number of anilines is 1. The fourth-order valence-corrected chi connectivity index (χ4v) is 1.20. The summed E-state index contributed by atoms with van der Waals surface area (Å²) in [6.45, 7) is 0. The molecule has 3 heteroatoms. The fraction of sp³-hybridized carbons (Fsp3) is 0.200. The highest BCUT2D eigenvalue weighted by Gasteiger charge is 2.00. The van der Waals surface area contributed by atoms with Gasteiger partial charge in [0.15, 0.2) is 0 Å². The molecule has 0 spiro atoms. The maximum Gasteiger partial charge on any atom is 0.106 e. The van der Waals surface area contributed by atoms with E-state index in [1.807, 2.05) is 18.3 Å². The molecule has 1 aliphatic rings. The molecule has 3 nitrogen and oxygen atoms in total. The molecule has 0 atom stereocenters. The quantitative estimate of drug-likeness (QED) is 0.706. The summed E-state index contributed by atoms with van der Waals surface area (Å²) >= 11 is 0. The van der Waals surface area contributed by atoms with Crippen molar-refractivity contribution < 1.29 is 0 Å². The van der Waals surface area contributed by atoms with Gasteiger partial charge in [0.25, 0.3) is 0 Å². The number of amidine groups is 1. The lowest BCUT2D eigenvalue weighted by Crippen LogP contribution is -2.12. The first-order chi connectivity index (χ1) is 6.45. The Morgan fingerprint density at radius 2 is 2.38 bits per heavy atom. The van der Waals surface area contributed by atoms with Crippen LogP contribution in [-0.4, -0.2) is 10.8 Å². The number of nitrogens with zero attached hydrogens (tertiary/aromatic N) is 2. The average Bonchev–Trinajstić information content (AvgIpc) is 2.21. The molecule has 0 amide bonds. The van der Waals surface area contributed by atoms with Crippen LogP contribution in [0.3, 0.4) is 0 Å². The minimum atomic E-state index is 0.978. The Labute approximate surface area is 77.2 Å². The van der Waals surface area contributed by atoms with Gasteiger partial charge in [-0.2, -0.15) is 0 Å². The van der Waals surface area contributed by atoms with Crippen LogP contribution in [0, 0.1) is 0 Å². The SMILES string of the molecule is C1=CN=C(Nc2cccnc2)CC1. The van der Waals surface area contributed by atoms with Gasteiger partial charge >= 0.3 is 0 Å². The molecule has 1 aliphatic heterocycles. The number of hydrogen-bond donors (Lipinski definition) is 1. The summed E-state index contributed by atoms with van der Waals surface area (Å²) in [4.78, 5) is 8.24. The van der Waals surface area contributed by atoms with Crippen LogP contribution in [0.15, 0.2) is 41.8 Å². The molecule has 1 aromatic rings. The molecule has 0 fully saturated rings. The number of aromatic nitrogens is 1. The number of pyridine rings is 1. The van der Waals surface area contributed by atoms with Crippen molar-refractivity contribution in [3.05, 3.63) is 36.8 Å². The summed E-state index contributed by atoms with van der Waals surface area (Å²) in [6.07, 6.45) is 9.49. The van der Waals surface area contributed by atoms with E-state index in [0.29, 0.717) is 0 Å². The first-order valence-corrected chi connectivity index (χ1v) is 4.34. The lowest BCUT2D eigenvalue weighted by atomic mass is 10.2. The number of aliphatic imine (C=N–C) groups is 1. The van der Waals surface area contributed by atoms with Crippen LogP contribution in [0.1, 0.15) is 12.8 Å². The minimum Gasteiger partial charge on any atom is -0.342 e. The van der Waals surface area contributed by atoms with Gasteiger partial charge in [0.2, 0.25) is 0 Å². The molecule has 0 radical (unpaired) electrons. The van der Waals surface area contributed by atoms with Crippen LogP contribution >= 0.6 is 0 Å². The van der Waals surface area contributed by atoms with Gasteiger partial charge in [-0.05, 0) is 18.6 Å². The number of hydrogen-bond acceptors (Lipinski definition) is 3. The molecule has 1 N–H and O–H groups in total.